The van der Waals surface area contributed by atoms with Gasteiger partial charge in [0, 0.05) is 32.7 Å². The summed E-state index contributed by atoms with van der Waals surface area (Å²) in [6, 6.07) is 9.28. The molecule has 2 N–H and O–H groups in total. The Morgan fingerprint density at radius 1 is 1.43 bits per heavy atom. The van der Waals surface area contributed by atoms with Crippen molar-refractivity contribution >= 4 is 6.03 Å². The number of urea groups is 1. The van der Waals surface area contributed by atoms with Gasteiger partial charge in [-0.05, 0) is 12.1 Å². The molecule has 2 saturated heterocycles. The second-order valence-electron chi connectivity index (χ2n) is 5.87. The summed E-state index contributed by atoms with van der Waals surface area (Å²) in [6.07, 6.45) is -0.630. The number of nitrogens with zero attached hydrogens (tertiary/aromatic N) is 3. The van der Waals surface area contributed by atoms with E-state index in [1.807, 2.05) is 4.90 Å². The van der Waals surface area contributed by atoms with Gasteiger partial charge in [-0.1, -0.05) is 12.1 Å². The van der Waals surface area contributed by atoms with Crippen molar-refractivity contribution < 1.29 is 14.6 Å². The lowest BCUT2D eigenvalue weighted by Crippen LogP contribution is -2.61. The lowest BCUT2D eigenvalue weighted by atomic mass is 10.1. The molecule has 0 spiro atoms. The molecular formula is C16H20N4O3. The zero-order valence-electron chi connectivity index (χ0n) is 12.8. The maximum Gasteiger partial charge on any atom is 0.317 e. The van der Waals surface area contributed by atoms with Gasteiger partial charge in [-0.15, -0.1) is 0 Å². The Bertz CT molecular complexity index is 610. The van der Waals surface area contributed by atoms with Gasteiger partial charge in [0.05, 0.1) is 11.6 Å². The van der Waals surface area contributed by atoms with E-state index in [2.05, 4.69) is 16.3 Å². The highest BCUT2D eigenvalue weighted by atomic mass is 16.5. The molecule has 2 aliphatic rings. The van der Waals surface area contributed by atoms with E-state index in [-0.39, 0.29) is 18.7 Å². The van der Waals surface area contributed by atoms with Crippen molar-refractivity contribution in [3.05, 3.63) is 29.8 Å². The van der Waals surface area contributed by atoms with Crippen LogP contribution in [0.25, 0.3) is 0 Å². The average Bonchev–Trinajstić information content (AvgIpc) is 2.94. The van der Waals surface area contributed by atoms with E-state index in [4.69, 9.17) is 10.00 Å². The standard InChI is InChI=1S/C16H20N4O3/c17-7-12-3-1-2-4-15(12)23-11-14(21)10-19-8-13(9-19)20-6-5-18-16(20)22/h1-4,13-14,21H,5-6,8-11H2,(H,18,22). The van der Waals surface area contributed by atoms with Crippen LogP contribution < -0.4 is 10.1 Å². The molecule has 2 fully saturated rings. The third kappa shape index (κ3) is 3.55. The molecule has 1 atom stereocenters. The van der Waals surface area contributed by atoms with Crippen molar-refractivity contribution in [2.24, 2.45) is 0 Å². The number of likely N-dealkylation sites (tertiary alicyclic amines) is 1. The summed E-state index contributed by atoms with van der Waals surface area (Å²) in [5, 5.41) is 21.9. The normalized spacial score (nSPS) is 19.8. The van der Waals surface area contributed by atoms with Crippen LogP contribution in [0.5, 0.6) is 5.75 Å². The second-order valence-corrected chi connectivity index (χ2v) is 5.87. The minimum atomic E-state index is -0.630. The second kappa shape index (κ2) is 6.86. The molecule has 2 heterocycles. The van der Waals surface area contributed by atoms with Crippen LogP contribution in [0.2, 0.25) is 0 Å². The zero-order valence-corrected chi connectivity index (χ0v) is 12.8. The minimum absolute atomic E-state index is 0.00615. The van der Waals surface area contributed by atoms with E-state index in [1.165, 1.54) is 0 Å². The molecule has 7 heteroatoms. The Morgan fingerprint density at radius 3 is 2.91 bits per heavy atom. The highest BCUT2D eigenvalue weighted by molar-refractivity contribution is 5.76. The van der Waals surface area contributed by atoms with Gasteiger partial charge in [0.1, 0.15) is 24.5 Å². The van der Waals surface area contributed by atoms with Crippen molar-refractivity contribution in [1.29, 1.82) is 5.26 Å². The number of rotatable bonds is 6. The largest absolute Gasteiger partial charge is 0.489 e. The number of hydrogen-bond donors (Lipinski definition) is 2. The van der Waals surface area contributed by atoms with Crippen LogP contribution >= 0.6 is 0 Å². The summed E-state index contributed by atoms with van der Waals surface area (Å²) in [5.41, 5.74) is 0.462. The van der Waals surface area contributed by atoms with E-state index in [0.717, 1.165) is 19.6 Å². The third-order valence-electron chi connectivity index (χ3n) is 4.18. The monoisotopic (exact) mass is 316 g/mol. The summed E-state index contributed by atoms with van der Waals surface area (Å²) < 4.78 is 5.53. The number of amides is 2. The summed E-state index contributed by atoms with van der Waals surface area (Å²) in [6.45, 7) is 3.67. The number of benzene rings is 1. The Morgan fingerprint density at radius 2 is 2.22 bits per heavy atom. The van der Waals surface area contributed by atoms with Crippen molar-refractivity contribution in [1.82, 2.24) is 15.1 Å². The number of ether oxygens (including phenoxy) is 1. The number of aliphatic hydroxyl groups excluding tert-OH is 1. The molecule has 0 radical (unpaired) electrons. The first-order chi connectivity index (χ1) is 11.2. The predicted molar refractivity (Wildman–Crippen MR) is 83.0 cm³/mol. The first-order valence-electron chi connectivity index (χ1n) is 7.74. The van der Waals surface area contributed by atoms with Gasteiger partial charge in [0.2, 0.25) is 0 Å². The highest BCUT2D eigenvalue weighted by Gasteiger charge is 2.37. The summed E-state index contributed by atoms with van der Waals surface area (Å²) in [7, 11) is 0. The maximum atomic E-state index is 11.6. The fraction of sp³-hybridized carbons (Fsp3) is 0.500. The van der Waals surface area contributed by atoms with Crippen molar-refractivity contribution in [3.8, 4) is 11.8 Å². The molecule has 1 aromatic rings. The third-order valence-corrected chi connectivity index (χ3v) is 4.18. The Hall–Kier alpha value is -2.30. The molecule has 2 amide bonds. The van der Waals surface area contributed by atoms with Gasteiger partial charge in [0.25, 0.3) is 0 Å². The van der Waals surface area contributed by atoms with Gasteiger partial charge in [-0.25, -0.2) is 4.79 Å². The molecule has 122 valence electrons. The number of carbonyl (C=O) groups excluding carboxylic acids is 1. The molecule has 7 nitrogen and oxygen atoms in total. The highest BCUT2D eigenvalue weighted by Crippen LogP contribution is 2.19. The zero-order chi connectivity index (χ0) is 16.2. The molecule has 0 saturated carbocycles. The number of hydrogen-bond acceptors (Lipinski definition) is 5. The Kier molecular flexibility index (Phi) is 4.65. The molecule has 0 aromatic heterocycles. The van der Waals surface area contributed by atoms with Crippen molar-refractivity contribution in [3.63, 3.8) is 0 Å². The van der Waals surface area contributed by atoms with Gasteiger partial charge in [-0.2, -0.15) is 5.26 Å². The van der Waals surface area contributed by atoms with E-state index in [9.17, 15) is 9.90 Å². The molecule has 0 bridgehead atoms. The molecule has 1 unspecified atom stereocenters. The van der Waals surface area contributed by atoms with Gasteiger partial charge >= 0.3 is 6.03 Å². The smallest absolute Gasteiger partial charge is 0.317 e. The average molecular weight is 316 g/mol. The topological polar surface area (TPSA) is 88.8 Å². The summed E-state index contributed by atoms with van der Waals surface area (Å²) >= 11 is 0. The summed E-state index contributed by atoms with van der Waals surface area (Å²) in [4.78, 5) is 15.5. The predicted octanol–water partition coefficient (Wildman–Crippen LogP) is 0.00738. The van der Waals surface area contributed by atoms with Crippen LogP contribution in [0.3, 0.4) is 0 Å². The molecule has 1 aromatic carbocycles. The van der Waals surface area contributed by atoms with Crippen LogP contribution in [-0.2, 0) is 0 Å². The number of carbonyl (C=O) groups is 1. The number of nitriles is 1. The number of nitrogens with one attached hydrogen (secondary N) is 1. The molecule has 2 aliphatic heterocycles. The first-order valence-corrected chi connectivity index (χ1v) is 7.74. The lowest BCUT2D eigenvalue weighted by Gasteiger charge is -2.44. The minimum Gasteiger partial charge on any atom is -0.489 e. The van der Waals surface area contributed by atoms with Crippen LogP contribution in [0.1, 0.15) is 5.56 Å². The van der Waals surface area contributed by atoms with Gasteiger partial charge < -0.3 is 20.1 Å². The number of β-amino-alcohol motifs (C(OH)–C–C–N with tert-alkyl or cyclic N) is 1. The lowest BCUT2D eigenvalue weighted by molar-refractivity contribution is 0.00933. The quantitative estimate of drug-likeness (QED) is 0.772. The number of aliphatic hydroxyl groups is 1. The summed E-state index contributed by atoms with van der Waals surface area (Å²) in [5.74, 6) is 0.490. The first kappa shape index (κ1) is 15.6. The SMILES string of the molecule is N#Cc1ccccc1OCC(O)CN1CC(N2CCNC2=O)C1. The van der Waals surface area contributed by atoms with Crippen LogP contribution in [0, 0.1) is 11.3 Å². The fourth-order valence-electron chi connectivity index (χ4n) is 2.95. The molecule has 3 rings (SSSR count). The Labute approximate surface area is 135 Å². The van der Waals surface area contributed by atoms with Gasteiger partial charge in [0.15, 0.2) is 0 Å². The maximum absolute atomic E-state index is 11.6. The van der Waals surface area contributed by atoms with Crippen molar-refractivity contribution in [2.75, 3.05) is 39.3 Å². The molecule has 0 aliphatic carbocycles. The van der Waals surface area contributed by atoms with E-state index in [0.29, 0.717) is 24.4 Å². The Balaban J connectivity index is 1.40. The number of para-hydroxylation sites is 1. The van der Waals surface area contributed by atoms with E-state index in [1.54, 1.807) is 24.3 Å². The molecular weight excluding hydrogens is 296 g/mol. The molecule has 23 heavy (non-hydrogen) atoms. The van der Waals surface area contributed by atoms with Gasteiger partial charge in [-0.3, -0.25) is 4.90 Å². The van der Waals surface area contributed by atoms with Crippen LogP contribution in [-0.4, -0.2) is 72.4 Å². The van der Waals surface area contributed by atoms with Crippen molar-refractivity contribution in [2.45, 2.75) is 12.1 Å². The van der Waals surface area contributed by atoms with E-state index >= 15 is 0 Å². The van der Waals surface area contributed by atoms with Crippen LogP contribution in [0.4, 0.5) is 4.79 Å². The van der Waals surface area contributed by atoms with Crippen LogP contribution in [0.15, 0.2) is 24.3 Å². The fourth-order valence-corrected chi connectivity index (χ4v) is 2.95. The van der Waals surface area contributed by atoms with E-state index < -0.39 is 6.10 Å².